The van der Waals surface area contributed by atoms with Gasteiger partial charge in [0.2, 0.25) is 5.91 Å². The molecule has 2 aromatic rings. The van der Waals surface area contributed by atoms with E-state index in [9.17, 15) is 4.79 Å². The largest absolute Gasteiger partial charge is 0.354 e. The number of aromatic nitrogens is 4. The molecular formula is C16H23Cl2N5O. The molecule has 0 fully saturated rings. The summed E-state index contributed by atoms with van der Waals surface area (Å²) >= 11 is 12.3. The van der Waals surface area contributed by atoms with Crippen molar-refractivity contribution in [1.29, 1.82) is 0 Å². The molecule has 0 unspecified atom stereocenters. The maximum Gasteiger partial charge on any atom is 0.224 e. The van der Waals surface area contributed by atoms with Gasteiger partial charge >= 0.3 is 0 Å². The first kappa shape index (κ1) is 18.8. The van der Waals surface area contributed by atoms with Crippen molar-refractivity contribution in [2.45, 2.75) is 47.7 Å². The molecule has 2 rings (SSSR count). The molecule has 0 spiro atoms. The van der Waals surface area contributed by atoms with Crippen molar-refractivity contribution in [2.75, 3.05) is 6.54 Å². The number of carbonyl (C=O) groups is 1. The second-order valence-corrected chi connectivity index (χ2v) is 6.82. The first-order valence-corrected chi connectivity index (χ1v) is 8.64. The number of nitrogens with one attached hydrogen (secondary N) is 1. The Bertz CT molecular complexity index is 750. The van der Waals surface area contributed by atoms with Gasteiger partial charge in [-0.15, -0.1) is 0 Å². The molecule has 24 heavy (non-hydrogen) atoms. The van der Waals surface area contributed by atoms with E-state index in [1.807, 2.05) is 39.3 Å². The molecule has 0 bridgehead atoms. The first-order valence-electron chi connectivity index (χ1n) is 7.89. The first-order chi connectivity index (χ1) is 11.2. The molecule has 0 aliphatic carbocycles. The third-order valence-corrected chi connectivity index (χ3v) is 5.20. The number of hydrogen-bond donors (Lipinski definition) is 1. The van der Waals surface area contributed by atoms with Gasteiger partial charge in [0.15, 0.2) is 0 Å². The predicted molar refractivity (Wildman–Crippen MR) is 95.6 cm³/mol. The second-order valence-electron chi connectivity index (χ2n) is 6.07. The summed E-state index contributed by atoms with van der Waals surface area (Å²) in [6.45, 7) is 11.0. The summed E-state index contributed by atoms with van der Waals surface area (Å²) in [4.78, 5) is 12.3. The predicted octanol–water partition coefficient (Wildman–Crippen LogP) is 3.07. The van der Waals surface area contributed by atoms with Gasteiger partial charge < -0.3 is 5.32 Å². The number of aryl methyl sites for hydroxylation is 2. The van der Waals surface area contributed by atoms with Crippen LogP contribution in [0.1, 0.15) is 29.7 Å². The monoisotopic (exact) mass is 371 g/mol. The van der Waals surface area contributed by atoms with Crippen LogP contribution < -0.4 is 5.32 Å². The van der Waals surface area contributed by atoms with E-state index in [0.29, 0.717) is 29.7 Å². The normalized spacial score (nSPS) is 12.5. The van der Waals surface area contributed by atoms with Crippen LogP contribution in [0.3, 0.4) is 0 Å². The molecule has 1 amide bonds. The van der Waals surface area contributed by atoms with Gasteiger partial charge in [-0.2, -0.15) is 10.2 Å². The molecule has 6 nitrogen and oxygen atoms in total. The van der Waals surface area contributed by atoms with Crippen molar-refractivity contribution in [1.82, 2.24) is 24.9 Å². The molecule has 1 N–H and O–H groups in total. The van der Waals surface area contributed by atoms with E-state index in [1.165, 1.54) is 0 Å². The maximum atomic E-state index is 12.3. The van der Waals surface area contributed by atoms with Crippen molar-refractivity contribution in [2.24, 2.45) is 5.92 Å². The molecule has 8 heteroatoms. The highest BCUT2D eigenvalue weighted by atomic mass is 35.5. The van der Waals surface area contributed by atoms with Gasteiger partial charge in [-0.25, -0.2) is 0 Å². The van der Waals surface area contributed by atoms with Gasteiger partial charge in [0, 0.05) is 6.54 Å². The van der Waals surface area contributed by atoms with Crippen LogP contribution in [0.25, 0.3) is 0 Å². The number of nitrogens with zero attached hydrogens (tertiary/aromatic N) is 4. The average Bonchev–Trinajstić information content (AvgIpc) is 2.92. The van der Waals surface area contributed by atoms with Crippen molar-refractivity contribution in [3.63, 3.8) is 0 Å². The van der Waals surface area contributed by atoms with E-state index >= 15 is 0 Å². The molecule has 132 valence electrons. The summed E-state index contributed by atoms with van der Waals surface area (Å²) in [5.74, 6) is -0.227. The Morgan fingerprint density at radius 3 is 2.00 bits per heavy atom. The zero-order valence-corrected chi connectivity index (χ0v) is 16.2. The second kappa shape index (κ2) is 7.57. The molecule has 2 heterocycles. The molecular weight excluding hydrogens is 349 g/mol. The molecule has 2 aromatic heterocycles. The van der Waals surface area contributed by atoms with E-state index in [1.54, 1.807) is 4.68 Å². The molecule has 0 radical (unpaired) electrons. The van der Waals surface area contributed by atoms with Gasteiger partial charge in [-0.05, 0) is 27.7 Å². The molecule has 0 aromatic carbocycles. The third kappa shape index (κ3) is 3.92. The summed E-state index contributed by atoms with van der Waals surface area (Å²) in [6, 6.07) is 0. The molecule has 0 saturated carbocycles. The zero-order valence-electron chi connectivity index (χ0n) is 14.7. The van der Waals surface area contributed by atoms with Crippen LogP contribution in [0.2, 0.25) is 10.0 Å². The Balaban J connectivity index is 1.87. The van der Waals surface area contributed by atoms with Gasteiger partial charge in [-0.1, -0.05) is 30.1 Å². The number of halogens is 2. The van der Waals surface area contributed by atoms with Crippen molar-refractivity contribution in [3.05, 3.63) is 32.8 Å². The summed E-state index contributed by atoms with van der Waals surface area (Å²) in [5, 5.41) is 13.0. The molecule has 0 aliphatic heterocycles. The fourth-order valence-corrected chi connectivity index (χ4v) is 2.82. The Morgan fingerprint density at radius 1 is 1.04 bits per heavy atom. The van der Waals surface area contributed by atoms with Crippen molar-refractivity contribution < 1.29 is 4.79 Å². The number of rotatable bonds is 6. The Hall–Kier alpha value is -1.53. The summed E-state index contributed by atoms with van der Waals surface area (Å²) in [7, 11) is 0. The number of hydrogen-bond acceptors (Lipinski definition) is 3. The lowest BCUT2D eigenvalue weighted by Crippen LogP contribution is -2.34. The Labute approximate surface area is 152 Å². The summed E-state index contributed by atoms with van der Waals surface area (Å²) in [5.41, 5.74) is 3.37. The Kier molecular flexibility index (Phi) is 5.93. The van der Waals surface area contributed by atoms with Gasteiger partial charge in [0.05, 0.1) is 51.8 Å². The van der Waals surface area contributed by atoms with E-state index in [4.69, 9.17) is 23.2 Å². The zero-order chi connectivity index (χ0) is 18.0. The summed E-state index contributed by atoms with van der Waals surface area (Å²) in [6.07, 6.45) is 0. The van der Waals surface area contributed by atoms with Crippen LogP contribution in [0, 0.1) is 33.6 Å². The highest BCUT2D eigenvalue weighted by Gasteiger charge is 2.17. The number of amides is 1. The lowest BCUT2D eigenvalue weighted by Gasteiger charge is -2.14. The average molecular weight is 372 g/mol. The van der Waals surface area contributed by atoms with Gasteiger partial charge in [-0.3, -0.25) is 14.2 Å². The standard InChI is InChI=1S/C16H23Cl2N5O/c1-9(8-23-13(5)15(18)11(3)21-23)16(24)19-6-7-22-12(4)14(17)10(2)20-22/h9H,6-8H2,1-5H3,(H,19,24)/t9-/m1/s1. The fraction of sp³-hybridized carbons (Fsp3) is 0.562. The van der Waals surface area contributed by atoms with Crippen LogP contribution >= 0.6 is 23.2 Å². The van der Waals surface area contributed by atoms with E-state index in [2.05, 4.69) is 15.5 Å². The highest BCUT2D eigenvalue weighted by Crippen LogP contribution is 2.20. The summed E-state index contributed by atoms with van der Waals surface area (Å²) < 4.78 is 3.59. The van der Waals surface area contributed by atoms with Gasteiger partial charge in [0.25, 0.3) is 0 Å². The number of carbonyl (C=O) groups excluding carboxylic acids is 1. The van der Waals surface area contributed by atoms with Crippen molar-refractivity contribution >= 4 is 29.1 Å². The topological polar surface area (TPSA) is 64.7 Å². The minimum absolute atomic E-state index is 0.0219. The molecule has 0 aliphatic rings. The van der Waals surface area contributed by atoms with Crippen LogP contribution in [-0.4, -0.2) is 32.0 Å². The fourth-order valence-electron chi connectivity index (χ4n) is 2.55. The Morgan fingerprint density at radius 2 is 1.54 bits per heavy atom. The lowest BCUT2D eigenvalue weighted by atomic mass is 10.1. The highest BCUT2D eigenvalue weighted by molar-refractivity contribution is 6.32. The van der Waals surface area contributed by atoms with Crippen LogP contribution in [0.5, 0.6) is 0 Å². The van der Waals surface area contributed by atoms with Crippen LogP contribution in [0.4, 0.5) is 0 Å². The van der Waals surface area contributed by atoms with Crippen molar-refractivity contribution in [3.8, 4) is 0 Å². The SMILES string of the molecule is Cc1nn(CCNC(=O)[C@H](C)Cn2nc(C)c(Cl)c2C)c(C)c1Cl. The quantitative estimate of drug-likeness (QED) is 0.848. The van der Waals surface area contributed by atoms with Gasteiger partial charge in [0.1, 0.15) is 0 Å². The van der Waals surface area contributed by atoms with E-state index < -0.39 is 0 Å². The maximum absolute atomic E-state index is 12.3. The van der Waals surface area contributed by atoms with Crippen LogP contribution in [0.15, 0.2) is 0 Å². The minimum Gasteiger partial charge on any atom is -0.354 e. The smallest absolute Gasteiger partial charge is 0.224 e. The molecule has 0 saturated heterocycles. The lowest BCUT2D eigenvalue weighted by molar-refractivity contribution is -0.125. The van der Waals surface area contributed by atoms with E-state index in [0.717, 1.165) is 22.8 Å². The minimum atomic E-state index is -0.205. The molecule has 1 atom stereocenters. The third-order valence-electron chi connectivity index (χ3n) is 4.10. The van der Waals surface area contributed by atoms with E-state index in [-0.39, 0.29) is 11.8 Å². The van der Waals surface area contributed by atoms with Crippen LogP contribution in [-0.2, 0) is 17.9 Å².